The molecule has 5 saturated heterocycles. The minimum absolute atomic E-state index is 0.0213. The van der Waals surface area contributed by atoms with Crippen LogP contribution in [0.1, 0.15) is 97.9 Å². The summed E-state index contributed by atoms with van der Waals surface area (Å²) in [7, 11) is 1.80. The topological polar surface area (TPSA) is 206 Å². The predicted molar refractivity (Wildman–Crippen MR) is 234 cm³/mol. The molecule has 4 aromatic heterocycles. The van der Waals surface area contributed by atoms with Gasteiger partial charge in [-0.15, -0.1) is 0 Å². The summed E-state index contributed by atoms with van der Waals surface area (Å²) >= 11 is 0. The van der Waals surface area contributed by atoms with E-state index < -0.39 is 23.9 Å². The number of hydrogen-bond acceptors (Lipinski definition) is 12. The number of fused-ring (bicyclic) bond motifs is 4. The number of likely N-dealkylation sites (tertiary alicyclic amines) is 2. The van der Waals surface area contributed by atoms with Crippen molar-refractivity contribution < 1.29 is 37.5 Å². The Hall–Kier alpha value is -6.51. The lowest BCUT2D eigenvalue weighted by Crippen LogP contribution is -2.63. The number of piperidine rings is 2. The van der Waals surface area contributed by atoms with E-state index in [9.17, 15) is 32.8 Å². The van der Waals surface area contributed by atoms with E-state index >= 15 is 0 Å². The molecule has 2 bridgehead atoms. The summed E-state index contributed by atoms with van der Waals surface area (Å²) in [6, 6.07) is 7.51. The number of ether oxygens (including phenoxy) is 1. The van der Waals surface area contributed by atoms with Gasteiger partial charge in [-0.1, -0.05) is 12.1 Å². The second-order valence-corrected chi connectivity index (χ2v) is 18.9. The molecular weight excluding hydrogens is 857 g/mol. The number of carbonyl (C=O) groups is 5. The molecule has 66 heavy (non-hydrogen) atoms. The number of halogens is 2. The number of amides is 5. The summed E-state index contributed by atoms with van der Waals surface area (Å²) in [5.74, 6) is -1.14. The summed E-state index contributed by atoms with van der Waals surface area (Å²) in [5.41, 5.74) is 1.99. The maximum Gasteiger partial charge on any atom is 0.284 e. The van der Waals surface area contributed by atoms with Gasteiger partial charge in [0.2, 0.25) is 23.6 Å². The third kappa shape index (κ3) is 7.49. The van der Waals surface area contributed by atoms with Crippen LogP contribution in [0.4, 0.5) is 26.0 Å². The Kier molecular flexibility index (Phi) is 10.5. The Balaban J connectivity index is 0.656. The fraction of sp³-hybridized carbons (Fsp3) is 0.533. The number of morpholine rings is 1. The molecular formula is C45H51F2N13O6. The van der Waals surface area contributed by atoms with Crippen LogP contribution in [0.5, 0.6) is 0 Å². The summed E-state index contributed by atoms with van der Waals surface area (Å²) in [5, 5.41) is 22.3. The second kappa shape index (κ2) is 16.4. The molecule has 11 rings (SSSR count). The van der Waals surface area contributed by atoms with Gasteiger partial charge < -0.3 is 30.1 Å². The van der Waals surface area contributed by atoms with E-state index in [4.69, 9.17) is 9.72 Å². The molecule has 1 saturated carbocycles. The average Bonchev–Trinajstić information content (AvgIpc) is 4.17. The molecule has 6 fully saturated rings. The van der Waals surface area contributed by atoms with Gasteiger partial charge in [0.1, 0.15) is 11.4 Å². The molecule has 9 heterocycles. The summed E-state index contributed by atoms with van der Waals surface area (Å²) < 4.78 is 39.1. The van der Waals surface area contributed by atoms with Crippen molar-refractivity contribution in [3.8, 4) is 0 Å². The van der Waals surface area contributed by atoms with Crippen molar-refractivity contribution >= 4 is 63.3 Å². The lowest BCUT2D eigenvalue weighted by Gasteiger charge is -2.54. The zero-order chi connectivity index (χ0) is 45.4. The number of aryl methyl sites for hydroxylation is 1. The van der Waals surface area contributed by atoms with Gasteiger partial charge in [-0.05, 0) is 63.5 Å². The lowest BCUT2D eigenvalue weighted by molar-refractivity contribution is -0.150. The Morgan fingerprint density at radius 3 is 2.52 bits per heavy atom. The number of nitrogens with one attached hydrogen (secondary N) is 3. The van der Waals surface area contributed by atoms with Crippen molar-refractivity contribution in [2.75, 3.05) is 61.4 Å². The minimum atomic E-state index is -2.92. The first-order chi connectivity index (χ1) is 31.9. The first kappa shape index (κ1) is 42.1. The zero-order valence-corrected chi connectivity index (χ0v) is 36.5. The quantitative estimate of drug-likeness (QED) is 0.171. The standard InChI is InChI=1S/C45H51F2N13O6/c1-55-39-29(37(53-55)30-9-10-35(61)52-42(30)63)3-2-4-32(39)48-19-36(62)57-23-45(24-57)12-15-56(16-13-45)44(65)25-5-7-26(8-6-25)60-21-33(38(54-60)40(46)47)50-43(64)31-18-49-59-14-11-34(51-41(31)59)58-20-28-17-27(58)22-66-28/h2-4,11,14,18,21,25-28,30,40,48H,5-10,12-13,15-17,19-20,22-24H2,1H3,(H,50,64)(H,52,61,63)/t25?,26?,27-,28-,30?/m1/s1. The van der Waals surface area contributed by atoms with Gasteiger partial charge in [-0.2, -0.15) is 15.3 Å². The maximum atomic E-state index is 14.3. The van der Waals surface area contributed by atoms with E-state index in [2.05, 4.69) is 36.1 Å². The van der Waals surface area contributed by atoms with Gasteiger partial charge in [0.25, 0.3) is 12.3 Å². The van der Waals surface area contributed by atoms with E-state index in [0.717, 1.165) is 35.9 Å². The van der Waals surface area contributed by atoms with Gasteiger partial charge in [-0.3, -0.25) is 38.7 Å². The number of benzene rings is 1. The molecule has 0 radical (unpaired) electrons. The smallest absolute Gasteiger partial charge is 0.284 e. The number of para-hydroxylation sites is 1. The highest BCUT2D eigenvalue weighted by atomic mass is 19.3. The normalized spacial score (nSPS) is 25.0. The maximum absolute atomic E-state index is 14.3. The van der Waals surface area contributed by atoms with Crippen LogP contribution in [0.15, 0.2) is 42.9 Å². The molecule has 3 N–H and O–H groups in total. The van der Waals surface area contributed by atoms with Crippen molar-refractivity contribution in [3.05, 3.63) is 59.8 Å². The van der Waals surface area contributed by atoms with E-state index in [0.29, 0.717) is 88.6 Å². The van der Waals surface area contributed by atoms with Gasteiger partial charge in [0, 0.05) is 75.3 Å². The Morgan fingerprint density at radius 2 is 1.79 bits per heavy atom. The number of aromatic nitrogens is 7. The average molecular weight is 908 g/mol. The molecule has 3 atom stereocenters. The van der Waals surface area contributed by atoms with Crippen LogP contribution in [0, 0.1) is 11.3 Å². The van der Waals surface area contributed by atoms with Crippen molar-refractivity contribution in [2.24, 2.45) is 18.4 Å². The van der Waals surface area contributed by atoms with E-state index in [1.165, 1.54) is 21.6 Å². The van der Waals surface area contributed by atoms with Crippen molar-refractivity contribution in [1.82, 2.24) is 49.3 Å². The molecule has 5 amide bonds. The van der Waals surface area contributed by atoms with Gasteiger partial charge in [0.05, 0.1) is 66.0 Å². The van der Waals surface area contributed by atoms with Crippen LogP contribution in [0.2, 0.25) is 0 Å². The Labute approximate surface area is 377 Å². The molecule has 21 heteroatoms. The van der Waals surface area contributed by atoms with E-state index in [1.54, 1.807) is 17.9 Å². The molecule has 1 aromatic carbocycles. The van der Waals surface area contributed by atoms with Crippen LogP contribution >= 0.6 is 0 Å². The molecule has 5 aromatic rings. The summed E-state index contributed by atoms with van der Waals surface area (Å²) in [6.45, 7) is 3.95. The van der Waals surface area contributed by atoms with Crippen molar-refractivity contribution in [1.29, 1.82) is 0 Å². The van der Waals surface area contributed by atoms with E-state index in [1.807, 2.05) is 34.1 Å². The predicted octanol–water partition coefficient (Wildman–Crippen LogP) is 3.79. The molecule has 346 valence electrons. The van der Waals surface area contributed by atoms with Gasteiger partial charge >= 0.3 is 0 Å². The molecule has 1 spiro atoms. The zero-order valence-electron chi connectivity index (χ0n) is 36.5. The number of anilines is 3. The highest BCUT2D eigenvalue weighted by molar-refractivity contribution is 6.08. The third-order valence-corrected chi connectivity index (χ3v) is 14.9. The first-order valence-electron chi connectivity index (χ1n) is 22.9. The van der Waals surface area contributed by atoms with Crippen LogP contribution in [-0.2, 0) is 31.0 Å². The highest BCUT2D eigenvalue weighted by Crippen LogP contribution is 2.43. The molecule has 1 unspecified atom stereocenters. The monoisotopic (exact) mass is 907 g/mol. The number of nitrogens with zero attached hydrogens (tertiary/aromatic N) is 10. The number of rotatable bonds is 10. The lowest BCUT2D eigenvalue weighted by atomic mass is 9.71. The van der Waals surface area contributed by atoms with Gasteiger partial charge in [0.15, 0.2) is 11.3 Å². The number of carbonyl (C=O) groups excluding carboxylic acids is 5. The molecule has 5 aliphatic heterocycles. The summed E-state index contributed by atoms with van der Waals surface area (Å²) in [6.07, 6.45) is 7.37. The SMILES string of the molecule is Cn1nc(C2CCC(=O)NC2=O)c2cccc(NCC(=O)N3CC4(CCN(C(=O)C5CCC(n6cc(NC(=O)c7cnn8ccc(N9C[C@H]%10C[C@@H]9CO%10)nc78)c(C(F)F)n6)CC5)CC4)C3)c21. The number of hydrogen-bond donors (Lipinski definition) is 3. The van der Waals surface area contributed by atoms with E-state index in [-0.39, 0.29) is 77.4 Å². The molecule has 6 aliphatic rings. The molecule has 1 aliphatic carbocycles. The second-order valence-electron chi connectivity index (χ2n) is 18.9. The summed E-state index contributed by atoms with van der Waals surface area (Å²) in [4.78, 5) is 75.7. The van der Waals surface area contributed by atoms with Crippen molar-refractivity contribution in [3.63, 3.8) is 0 Å². The van der Waals surface area contributed by atoms with Gasteiger partial charge in [-0.25, -0.2) is 18.3 Å². The van der Waals surface area contributed by atoms with Crippen molar-refractivity contribution in [2.45, 2.75) is 88.3 Å². The fourth-order valence-corrected chi connectivity index (χ4v) is 11.2. The third-order valence-electron chi connectivity index (χ3n) is 14.9. The van der Waals surface area contributed by atoms with Crippen LogP contribution in [0.3, 0.4) is 0 Å². The largest absolute Gasteiger partial charge is 0.374 e. The Morgan fingerprint density at radius 1 is 0.985 bits per heavy atom. The fourth-order valence-electron chi connectivity index (χ4n) is 11.2. The van der Waals surface area contributed by atoms with Crippen LogP contribution < -0.4 is 20.9 Å². The first-order valence-corrected chi connectivity index (χ1v) is 22.9. The number of imide groups is 1. The Bertz CT molecular complexity index is 2760. The van der Waals surface area contributed by atoms with Crippen LogP contribution in [0.25, 0.3) is 16.6 Å². The highest BCUT2D eigenvalue weighted by Gasteiger charge is 2.48. The molecule has 19 nitrogen and oxygen atoms in total. The minimum Gasteiger partial charge on any atom is -0.374 e. The van der Waals surface area contributed by atoms with Crippen LogP contribution in [-0.4, -0.2) is 132 Å². The number of alkyl halides is 2.